The largest absolute Gasteiger partial charge is 0.378 e. The lowest BCUT2D eigenvalue weighted by molar-refractivity contribution is -0.112. The SMILES string of the molecule is CCCc1nnc(NC(=O)/C(C#N)=C\c2ccc(N(C)C)cc2)s1. The molecular formula is C17H19N5OS. The minimum atomic E-state index is -0.478. The van der Waals surface area contributed by atoms with E-state index in [9.17, 15) is 10.1 Å². The molecule has 0 aliphatic rings. The maximum Gasteiger partial charge on any atom is 0.268 e. The van der Waals surface area contributed by atoms with Crippen LogP contribution in [-0.2, 0) is 11.2 Å². The summed E-state index contributed by atoms with van der Waals surface area (Å²) < 4.78 is 0. The van der Waals surface area contributed by atoms with Crippen molar-refractivity contribution >= 4 is 34.1 Å². The van der Waals surface area contributed by atoms with E-state index in [-0.39, 0.29) is 5.57 Å². The average Bonchev–Trinajstić information content (AvgIpc) is 3.00. The number of amides is 1. The van der Waals surface area contributed by atoms with E-state index in [0.29, 0.717) is 5.13 Å². The molecule has 0 atom stereocenters. The maximum atomic E-state index is 12.2. The number of nitrogens with one attached hydrogen (secondary N) is 1. The van der Waals surface area contributed by atoms with Gasteiger partial charge in [-0.05, 0) is 30.2 Å². The summed E-state index contributed by atoms with van der Waals surface area (Å²) in [5.74, 6) is -0.478. The lowest BCUT2D eigenvalue weighted by Gasteiger charge is -2.11. The van der Waals surface area contributed by atoms with Crippen molar-refractivity contribution in [2.45, 2.75) is 19.8 Å². The number of aromatic nitrogens is 2. The van der Waals surface area contributed by atoms with Gasteiger partial charge in [0, 0.05) is 26.2 Å². The molecule has 2 aromatic rings. The molecule has 0 radical (unpaired) electrons. The number of nitriles is 1. The van der Waals surface area contributed by atoms with Crippen molar-refractivity contribution in [1.82, 2.24) is 10.2 Å². The smallest absolute Gasteiger partial charge is 0.268 e. The van der Waals surface area contributed by atoms with Gasteiger partial charge in [0.05, 0.1) is 0 Å². The molecule has 1 amide bonds. The number of nitrogens with zero attached hydrogens (tertiary/aromatic N) is 4. The molecule has 1 N–H and O–H groups in total. The van der Waals surface area contributed by atoms with Crippen LogP contribution in [0.15, 0.2) is 29.8 Å². The zero-order valence-electron chi connectivity index (χ0n) is 13.9. The first kappa shape index (κ1) is 17.6. The second-order valence-corrected chi connectivity index (χ2v) is 6.42. The molecule has 1 heterocycles. The minimum absolute atomic E-state index is 0.0276. The number of hydrogen-bond donors (Lipinski definition) is 1. The standard InChI is InChI=1S/C17H19N5OS/c1-4-5-15-20-21-17(24-15)19-16(23)13(11-18)10-12-6-8-14(9-7-12)22(2)3/h6-10H,4-5H2,1-3H3,(H,19,21,23)/b13-10-. The molecular weight excluding hydrogens is 322 g/mol. The molecule has 7 heteroatoms. The molecule has 6 nitrogen and oxygen atoms in total. The van der Waals surface area contributed by atoms with Crippen molar-refractivity contribution in [3.8, 4) is 6.07 Å². The Balaban J connectivity index is 2.11. The molecule has 0 bridgehead atoms. The molecule has 0 fully saturated rings. The number of benzene rings is 1. The second kappa shape index (κ2) is 8.22. The lowest BCUT2D eigenvalue weighted by Crippen LogP contribution is -2.13. The lowest BCUT2D eigenvalue weighted by atomic mass is 10.1. The molecule has 1 aromatic carbocycles. The van der Waals surface area contributed by atoms with Gasteiger partial charge in [-0.15, -0.1) is 10.2 Å². The van der Waals surface area contributed by atoms with Gasteiger partial charge in [-0.3, -0.25) is 10.1 Å². The Kier molecular flexibility index (Phi) is 6.04. The molecule has 2 rings (SSSR count). The Morgan fingerprint density at radius 3 is 2.62 bits per heavy atom. The number of carbonyl (C=O) groups excluding carboxylic acids is 1. The third kappa shape index (κ3) is 4.64. The van der Waals surface area contributed by atoms with Crippen LogP contribution < -0.4 is 10.2 Å². The summed E-state index contributed by atoms with van der Waals surface area (Å²) in [5, 5.41) is 21.1. The van der Waals surface area contributed by atoms with Gasteiger partial charge in [-0.25, -0.2) is 0 Å². The maximum absolute atomic E-state index is 12.2. The van der Waals surface area contributed by atoms with Crippen LogP contribution in [0.4, 0.5) is 10.8 Å². The van der Waals surface area contributed by atoms with Crippen molar-refractivity contribution in [3.63, 3.8) is 0 Å². The molecule has 0 saturated heterocycles. The van der Waals surface area contributed by atoms with Gasteiger partial charge in [-0.1, -0.05) is 30.4 Å². The van der Waals surface area contributed by atoms with Crippen LogP contribution in [0.3, 0.4) is 0 Å². The molecule has 0 aliphatic heterocycles. The van der Waals surface area contributed by atoms with Gasteiger partial charge in [0.15, 0.2) is 0 Å². The fourth-order valence-corrected chi connectivity index (χ4v) is 2.80. The Hall–Kier alpha value is -2.72. The predicted molar refractivity (Wildman–Crippen MR) is 96.9 cm³/mol. The molecule has 24 heavy (non-hydrogen) atoms. The highest BCUT2D eigenvalue weighted by atomic mass is 32.1. The normalized spacial score (nSPS) is 11.0. The number of carbonyl (C=O) groups is 1. The second-order valence-electron chi connectivity index (χ2n) is 5.36. The number of aryl methyl sites for hydroxylation is 1. The fraction of sp³-hybridized carbons (Fsp3) is 0.294. The Morgan fingerprint density at radius 2 is 2.04 bits per heavy atom. The zero-order valence-corrected chi connectivity index (χ0v) is 14.7. The topological polar surface area (TPSA) is 81.9 Å². The molecule has 0 unspecified atom stereocenters. The summed E-state index contributed by atoms with van der Waals surface area (Å²) in [7, 11) is 3.90. The first-order valence-corrected chi connectivity index (χ1v) is 8.38. The van der Waals surface area contributed by atoms with E-state index in [0.717, 1.165) is 29.1 Å². The van der Waals surface area contributed by atoms with E-state index < -0.39 is 5.91 Å². The highest BCUT2D eigenvalue weighted by Gasteiger charge is 2.12. The van der Waals surface area contributed by atoms with Gasteiger partial charge in [0.25, 0.3) is 5.91 Å². The third-order valence-electron chi connectivity index (χ3n) is 3.24. The van der Waals surface area contributed by atoms with Crippen LogP contribution in [0.2, 0.25) is 0 Å². The number of rotatable bonds is 6. The van der Waals surface area contributed by atoms with E-state index in [4.69, 9.17) is 0 Å². The van der Waals surface area contributed by atoms with Gasteiger partial charge >= 0.3 is 0 Å². The Bertz CT molecular complexity index is 771. The summed E-state index contributed by atoms with van der Waals surface area (Å²) in [6.45, 7) is 2.05. The molecule has 1 aromatic heterocycles. The van der Waals surface area contributed by atoms with Gasteiger partial charge in [-0.2, -0.15) is 5.26 Å². The number of anilines is 2. The van der Waals surface area contributed by atoms with Crippen LogP contribution in [0, 0.1) is 11.3 Å². The zero-order chi connectivity index (χ0) is 17.5. The average molecular weight is 341 g/mol. The summed E-state index contributed by atoms with van der Waals surface area (Å²) in [6.07, 6.45) is 3.35. The van der Waals surface area contributed by atoms with Crippen LogP contribution in [-0.4, -0.2) is 30.2 Å². The Labute approximate surface area is 145 Å². The monoisotopic (exact) mass is 341 g/mol. The van der Waals surface area contributed by atoms with Crippen molar-refractivity contribution in [2.24, 2.45) is 0 Å². The molecule has 0 saturated carbocycles. The first-order chi connectivity index (χ1) is 11.5. The van der Waals surface area contributed by atoms with E-state index in [1.54, 1.807) is 6.08 Å². The summed E-state index contributed by atoms with van der Waals surface area (Å²) in [4.78, 5) is 14.2. The minimum Gasteiger partial charge on any atom is -0.378 e. The quantitative estimate of drug-likeness (QED) is 0.645. The van der Waals surface area contributed by atoms with Crippen LogP contribution in [0.5, 0.6) is 0 Å². The van der Waals surface area contributed by atoms with Crippen LogP contribution in [0.1, 0.15) is 23.9 Å². The van der Waals surface area contributed by atoms with Crippen LogP contribution in [0.25, 0.3) is 6.08 Å². The summed E-state index contributed by atoms with van der Waals surface area (Å²) >= 11 is 1.33. The van der Waals surface area contributed by atoms with E-state index in [1.165, 1.54) is 11.3 Å². The summed E-state index contributed by atoms with van der Waals surface area (Å²) in [5.41, 5.74) is 1.86. The Morgan fingerprint density at radius 1 is 1.33 bits per heavy atom. The highest BCUT2D eigenvalue weighted by molar-refractivity contribution is 7.15. The predicted octanol–water partition coefficient (Wildman–Crippen LogP) is 3.10. The first-order valence-electron chi connectivity index (χ1n) is 7.56. The van der Waals surface area contributed by atoms with E-state index in [2.05, 4.69) is 22.4 Å². The summed E-state index contributed by atoms with van der Waals surface area (Å²) in [6, 6.07) is 9.53. The van der Waals surface area contributed by atoms with Crippen molar-refractivity contribution in [2.75, 3.05) is 24.3 Å². The van der Waals surface area contributed by atoms with Crippen LogP contribution >= 0.6 is 11.3 Å². The molecule has 0 spiro atoms. The van der Waals surface area contributed by atoms with Gasteiger partial charge < -0.3 is 4.90 Å². The fourth-order valence-electron chi connectivity index (χ4n) is 1.97. The number of hydrogen-bond acceptors (Lipinski definition) is 6. The molecule has 124 valence electrons. The van der Waals surface area contributed by atoms with Gasteiger partial charge in [0.2, 0.25) is 5.13 Å². The third-order valence-corrected chi connectivity index (χ3v) is 4.14. The van der Waals surface area contributed by atoms with Crippen molar-refractivity contribution in [1.29, 1.82) is 5.26 Å². The molecule has 0 aliphatic carbocycles. The van der Waals surface area contributed by atoms with Gasteiger partial charge in [0.1, 0.15) is 16.6 Å². The van der Waals surface area contributed by atoms with E-state index >= 15 is 0 Å². The van der Waals surface area contributed by atoms with E-state index in [1.807, 2.05) is 49.3 Å². The van der Waals surface area contributed by atoms with Crippen molar-refractivity contribution in [3.05, 3.63) is 40.4 Å². The van der Waals surface area contributed by atoms with Crippen molar-refractivity contribution < 1.29 is 4.79 Å². The highest BCUT2D eigenvalue weighted by Crippen LogP contribution is 2.18.